The highest BCUT2D eigenvalue weighted by atomic mass is 79.9. The second kappa shape index (κ2) is 6.47. The third-order valence-electron chi connectivity index (χ3n) is 2.37. The average molecular weight is 336 g/mol. The summed E-state index contributed by atoms with van der Waals surface area (Å²) in [4.78, 5) is 20.4. The van der Waals surface area contributed by atoms with Crippen LogP contribution >= 0.6 is 15.9 Å². The van der Waals surface area contributed by atoms with Gasteiger partial charge >= 0.3 is 0 Å². The van der Waals surface area contributed by atoms with E-state index in [-0.39, 0.29) is 12.0 Å². The molecule has 0 radical (unpaired) electrons. The molecule has 0 aliphatic rings. The Morgan fingerprint density at radius 3 is 2.65 bits per heavy atom. The van der Waals surface area contributed by atoms with Crippen LogP contribution in [-0.4, -0.2) is 22.0 Å². The Labute approximate surface area is 125 Å². The van der Waals surface area contributed by atoms with Crippen molar-refractivity contribution < 1.29 is 9.53 Å². The number of hydrogen-bond acceptors (Lipinski definition) is 4. The molecule has 5 nitrogen and oxygen atoms in total. The van der Waals surface area contributed by atoms with E-state index >= 15 is 0 Å². The van der Waals surface area contributed by atoms with Crippen LogP contribution in [0.5, 0.6) is 5.88 Å². The lowest BCUT2D eigenvalue weighted by Crippen LogP contribution is -2.16. The molecule has 0 aliphatic heterocycles. The highest BCUT2D eigenvalue weighted by molar-refractivity contribution is 9.10. The van der Waals surface area contributed by atoms with Crippen molar-refractivity contribution in [3.8, 4) is 5.88 Å². The fourth-order valence-corrected chi connectivity index (χ4v) is 1.98. The van der Waals surface area contributed by atoms with Gasteiger partial charge in [-0.2, -0.15) is 0 Å². The number of ether oxygens (including phenoxy) is 1. The number of hydrogen-bond donors (Lipinski definition) is 1. The predicted octanol–water partition coefficient (Wildman–Crippen LogP) is 3.28. The number of pyridine rings is 2. The second-order valence-corrected chi connectivity index (χ2v) is 5.07. The smallest absolute Gasteiger partial charge is 0.258 e. The van der Waals surface area contributed by atoms with E-state index in [9.17, 15) is 4.79 Å². The van der Waals surface area contributed by atoms with E-state index in [1.165, 1.54) is 0 Å². The number of aromatic nitrogens is 2. The number of amides is 1. The highest BCUT2D eigenvalue weighted by Gasteiger charge is 2.14. The summed E-state index contributed by atoms with van der Waals surface area (Å²) >= 11 is 3.25. The SMILES string of the molecule is CC(C)Oc1ncccc1NC(=O)c1cccnc1Br. The molecule has 0 fully saturated rings. The number of nitrogens with zero attached hydrogens (tertiary/aromatic N) is 2. The third kappa shape index (κ3) is 3.54. The third-order valence-corrected chi connectivity index (χ3v) is 3.00. The van der Waals surface area contributed by atoms with Gasteiger partial charge in [-0.15, -0.1) is 0 Å². The van der Waals surface area contributed by atoms with Gasteiger partial charge in [0.25, 0.3) is 5.91 Å². The minimum Gasteiger partial charge on any atom is -0.473 e. The van der Waals surface area contributed by atoms with E-state index in [4.69, 9.17) is 4.74 Å². The van der Waals surface area contributed by atoms with Crippen molar-refractivity contribution >= 4 is 27.5 Å². The van der Waals surface area contributed by atoms with Crippen LogP contribution in [0.15, 0.2) is 41.3 Å². The van der Waals surface area contributed by atoms with E-state index in [2.05, 4.69) is 31.2 Å². The molecule has 0 bridgehead atoms. The summed E-state index contributed by atoms with van der Waals surface area (Å²) in [6, 6.07) is 6.87. The van der Waals surface area contributed by atoms with E-state index in [1.54, 1.807) is 36.7 Å². The lowest BCUT2D eigenvalue weighted by Gasteiger charge is -2.13. The van der Waals surface area contributed by atoms with E-state index in [0.29, 0.717) is 21.7 Å². The van der Waals surface area contributed by atoms with Gasteiger partial charge in [-0.3, -0.25) is 4.79 Å². The maximum Gasteiger partial charge on any atom is 0.258 e. The van der Waals surface area contributed by atoms with Crippen molar-refractivity contribution in [3.05, 3.63) is 46.8 Å². The number of halogens is 1. The molecule has 0 saturated heterocycles. The van der Waals surface area contributed by atoms with Crippen LogP contribution in [0.2, 0.25) is 0 Å². The van der Waals surface area contributed by atoms with E-state index in [1.807, 2.05) is 13.8 Å². The Kier molecular flexibility index (Phi) is 4.68. The monoisotopic (exact) mass is 335 g/mol. The first-order valence-electron chi connectivity index (χ1n) is 6.11. The van der Waals surface area contributed by atoms with Gasteiger partial charge in [0.05, 0.1) is 11.7 Å². The fourth-order valence-electron chi connectivity index (χ4n) is 1.55. The summed E-state index contributed by atoms with van der Waals surface area (Å²) < 4.78 is 6.05. The second-order valence-electron chi connectivity index (χ2n) is 4.32. The fraction of sp³-hybridized carbons (Fsp3) is 0.214. The van der Waals surface area contributed by atoms with Gasteiger partial charge in [-0.1, -0.05) is 0 Å². The molecule has 6 heteroatoms. The van der Waals surface area contributed by atoms with Crippen molar-refractivity contribution in [3.63, 3.8) is 0 Å². The van der Waals surface area contributed by atoms with Gasteiger partial charge in [0.1, 0.15) is 10.3 Å². The topological polar surface area (TPSA) is 64.1 Å². The molecule has 0 aromatic carbocycles. The van der Waals surface area contributed by atoms with E-state index < -0.39 is 0 Å². The molecule has 2 rings (SSSR count). The number of nitrogens with one attached hydrogen (secondary N) is 1. The first-order chi connectivity index (χ1) is 9.58. The largest absolute Gasteiger partial charge is 0.473 e. The summed E-state index contributed by atoms with van der Waals surface area (Å²) in [5.74, 6) is 0.127. The average Bonchev–Trinajstić information content (AvgIpc) is 2.41. The first-order valence-corrected chi connectivity index (χ1v) is 6.90. The van der Waals surface area contributed by atoms with Crippen LogP contribution in [-0.2, 0) is 0 Å². The molecule has 0 aliphatic carbocycles. The normalized spacial score (nSPS) is 10.4. The van der Waals surface area contributed by atoms with Crippen molar-refractivity contribution in [2.75, 3.05) is 5.32 Å². The van der Waals surface area contributed by atoms with Crippen LogP contribution in [0.4, 0.5) is 5.69 Å². The number of carbonyl (C=O) groups is 1. The molecule has 20 heavy (non-hydrogen) atoms. The number of rotatable bonds is 4. The Hall–Kier alpha value is -1.95. The zero-order valence-corrected chi connectivity index (χ0v) is 12.7. The van der Waals surface area contributed by atoms with Crippen molar-refractivity contribution in [1.82, 2.24) is 9.97 Å². The van der Waals surface area contributed by atoms with Crippen LogP contribution in [0.25, 0.3) is 0 Å². The van der Waals surface area contributed by atoms with Crippen molar-refractivity contribution in [2.45, 2.75) is 20.0 Å². The molecule has 0 atom stereocenters. The van der Waals surface area contributed by atoms with Crippen LogP contribution in [0, 0.1) is 0 Å². The Balaban J connectivity index is 2.22. The van der Waals surface area contributed by atoms with Gasteiger partial charge in [-0.25, -0.2) is 9.97 Å². The summed E-state index contributed by atoms with van der Waals surface area (Å²) in [7, 11) is 0. The zero-order valence-electron chi connectivity index (χ0n) is 11.1. The van der Waals surface area contributed by atoms with Gasteiger partial charge in [-0.05, 0) is 54.0 Å². The van der Waals surface area contributed by atoms with Crippen LogP contribution in [0.1, 0.15) is 24.2 Å². The Bertz CT molecular complexity index is 617. The molecule has 0 saturated carbocycles. The molecule has 2 aromatic rings. The quantitative estimate of drug-likeness (QED) is 0.871. The lowest BCUT2D eigenvalue weighted by molar-refractivity contribution is 0.102. The minimum absolute atomic E-state index is 0.0225. The molecule has 2 aromatic heterocycles. The Morgan fingerprint density at radius 2 is 1.95 bits per heavy atom. The van der Waals surface area contributed by atoms with Crippen molar-refractivity contribution in [1.29, 1.82) is 0 Å². The van der Waals surface area contributed by atoms with Gasteiger partial charge in [0.15, 0.2) is 0 Å². The lowest BCUT2D eigenvalue weighted by atomic mass is 10.2. The first kappa shape index (κ1) is 14.5. The summed E-state index contributed by atoms with van der Waals surface area (Å²) in [5.41, 5.74) is 0.980. The number of carbonyl (C=O) groups excluding carboxylic acids is 1. The minimum atomic E-state index is -0.272. The predicted molar refractivity (Wildman–Crippen MR) is 79.9 cm³/mol. The number of anilines is 1. The molecular formula is C14H14BrN3O2. The van der Waals surface area contributed by atoms with Crippen molar-refractivity contribution in [2.24, 2.45) is 0 Å². The Morgan fingerprint density at radius 1 is 1.25 bits per heavy atom. The highest BCUT2D eigenvalue weighted by Crippen LogP contribution is 2.23. The molecule has 2 heterocycles. The molecule has 1 amide bonds. The standard InChI is InChI=1S/C14H14BrN3O2/c1-9(2)20-14-11(6-4-8-17-14)18-13(19)10-5-3-7-16-12(10)15/h3-9H,1-2H3,(H,18,19). The molecular weight excluding hydrogens is 322 g/mol. The molecule has 0 spiro atoms. The molecule has 0 unspecified atom stereocenters. The maximum atomic E-state index is 12.2. The van der Waals surface area contributed by atoms with Gasteiger partial charge in [0.2, 0.25) is 5.88 Å². The van der Waals surface area contributed by atoms with E-state index in [0.717, 1.165) is 0 Å². The van der Waals surface area contributed by atoms with Crippen LogP contribution < -0.4 is 10.1 Å². The van der Waals surface area contributed by atoms with Crippen LogP contribution in [0.3, 0.4) is 0 Å². The molecule has 1 N–H and O–H groups in total. The summed E-state index contributed by atoms with van der Waals surface area (Å²) in [6.45, 7) is 3.80. The van der Waals surface area contributed by atoms with Gasteiger partial charge in [0, 0.05) is 12.4 Å². The summed E-state index contributed by atoms with van der Waals surface area (Å²) in [6.07, 6.45) is 3.21. The van der Waals surface area contributed by atoms with Gasteiger partial charge < -0.3 is 10.1 Å². The molecule has 104 valence electrons. The zero-order chi connectivity index (χ0) is 14.5. The summed E-state index contributed by atoms with van der Waals surface area (Å²) in [5, 5.41) is 2.78. The maximum absolute atomic E-state index is 12.2.